The van der Waals surface area contributed by atoms with E-state index in [0.717, 1.165) is 30.6 Å². The number of hydrogen-bond acceptors (Lipinski definition) is 2. The first kappa shape index (κ1) is 16.7. The van der Waals surface area contributed by atoms with Gasteiger partial charge < -0.3 is 14.5 Å². The molecule has 2 atom stereocenters. The number of ketones is 2. The van der Waals surface area contributed by atoms with Gasteiger partial charge in [0.25, 0.3) is 0 Å². The maximum atomic E-state index is 12.8. The fraction of sp³-hybridized carbons (Fsp3) is 0.474. The third-order valence-corrected chi connectivity index (χ3v) is 5.28. The van der Waals surface area contributed by atoms with Crippen LogP contribution in [0, 0.1) is 13.8 Å². The summed E-state index contributed by atoms with van der Waals surface area (Å²) >= 11 is 0. The van der Waals surface area contributed by atoms with Gasteiger partial charge in [-0.3, -0.25) is 9.59 Å². The summed E-state index contributed by atoms with van der Waals surface area (Å²) in [6.45, 7) is 6.75. The molecule has 128 valence electrons. The van der Waals surface area contributed by atoms with E-state index in [0.29, 0.717) is 23.8 Å². The predicted octanol–water partition coefficient (Wildman–Crippen LogP) is 1.78. The molecular weight excluding hydrogens is 302 g/mol. The lowest BCUT2D eigenvalue weighted by Gasteiger charge is -2.21. The number of nitrogens with zero attached hydrogens (tertiary/aromatic N) is 1. The van der Waals surface area contributed by atoms with E-state index in [1.807, 2.05) is 13.8 Å². The molecule has 2 N–H and O–H groups in total. The molecule has 0 saturated carbocycles. The number of carbonyl (C=O) groups excluding carboxylic acids is 2. The summed E-state index contributed by atoms with van der Waals surface area (Å²) < 4.78 is 2.15. The van der Waals surface area contributed by atoms with Crippen molar-refractivity contribution < 1.29 is 14.5 Å². The molecule has 1 aliphatic heterocycles. The molecule has 1 saturated heterocycles. The Morgan fingerprint density at radius 2 is 2.12 bits per heavy atom. The molecule has 3 heterocycles. The van der Waals surface area contributed by atoms with Crippen molar-refractivity contribution in [3.05, 3.63) is 46.5 Å². The molecule has 5 nitrogen and oxygen atoms in total. The van der Waals surface area contributed by atoms with Crippen molar-refractivity contribution in [2.45, 2.75) is 39.7 Å². The summed E-state index contributed by atoms with van der Waals surface area (Å²) in [6.07, 6.45) is 4.31. The van der Waals surface area contributed by atoms with Crippen LogP contribution in [-0.4, -0.2) is 34.2 Å². The highest BCUT2D eigenvalue weighted by atomic mass is 16.1. The van der Waals surface area contributed by atoms with Crippen molar-refractivity contribution >= 4 is 11.6 Å². The summed E-state index contributed by atoms with van der Waals surface area (Å²) in [5.74, 6) is 0.106. The van der Waals surface area contributed by atoms with Crippen LogP contribution in [-0.2, 0) is 7.05 Å². The van der Waals surface area contributed by atoms with E-state index in [4.69, 9.17) is 0 Å². The van der Waals surface area contributed by atoms with Gasteiger partial charge in [0, 0.05) is 37.3 Å². The van der Waals surface area contributed by atoms with Gasteiger partial charge in [0.15, 0.2) is 5.78 Å². The summed E-state index contributed by atoms with van der Waals surface area (Å²) in [5, 5.41) is 0. The topological polar surface area (TPSA) is 59.3 Å². The van der Waals surface area contributed by atoms with E-state index in [1.54, 1.807) is 6.92 Å². The number of H-pyrrole nitrogens is 1. The zero-order chi connectivity index (χ0) is 17.4. The highest BCUT2D eigenvalue weighted by Crippen LogP contribution is 2.21. The number of hydrogen-bond donors (Lipinski definition) is 2. The predicted molar refractivity (Wildman–Crippen MR) is 92.7 cm³/mol. The van der Waals surface area contributed by atoms with Crippen molar-refractivity contribution in [3.63, 3.8) is 0 Å². The number of aryl methyl sites for hydroxylation is 2. The number of carbonyl (C=O) groups is 2. The standard InChI is InChI=1S/C19H25N3O2/c1-12-18(14(3)23)13(2)20-19(12)17(24)11-22-10-6-8-16(22)15-7-5-9-21(15)4/h5,7,9,16,20H,6,8,10-11H2,1-4H3/p+1/t16-/m0/s1. The zero-order valence-corrected chi connectivity index (χ0v) is 14.9. The van der Waals surface area contributed by atoms with Crippen LogP contribution in [0.25, 0.3) is 0 Å². The minimum Gasteiger partial charge on any atom is -0.355 e. The quantitative estimate of drug-likeness (QED) is 0.822. The Bertz CT molecular complexity index is 785. The molecule has 0 aliphatic carbocycles. The number of nitrogens with one attached hydrogen (secondary N) is 2. The second-order valence-electron chi connectivity index (χ2n) is 6.93. The Morgan fingerprint density at radius 3 is 2.71 bits per heavy atom. The van der Waals surface area contributed by atoms with Crippen LogP contribution >= 0.6 is 0 Å². The van der Waals surface area contributed by atoms with E-state index >= 15 is 0 Å². The summed E-state index contributed by atoms with van der Waals surface area (Å²) in [7, 11) is 2.06. The number of rotatable bonds is 5. The Kier molecular flexibility index (Phi) is 4.45. The smallest absolute Gasteiger partial charge is 0.233 e. The van der Waals surface area contributed by atoms with Gasteiger partial charge in [0.2, 0.25) is 5.78 Å². The molecule has 2 aromatic rings. The van der Waals surface area contributed by atoms with Gasteiger partial charge in [-0.2, -0.15) is 0 Å². The first-order valence-corrected chi connectivity index (χ1v) is 8.59. The second kappa shape index (κ2) is 6.40. The van der Waals surface area contributed by atoms with Crippen molar-refractivity contribution in [1.82, 2.24) is 9.55 Å². The zero-order valence-electron chi connectivity index (χ0n) is 14.9. The second-order valence-corrected chi connectivity index (χ2v) is 6.93. The highest BCUT2D eigenvalue weighted by Gasteiger charge is 2.34. The third-order valence-electron chi connectivity index (χ3n) is 5.28. The molecule has 1 fully saturated rings. The van der Waals surface area contributed by atoms with Crippen LogP contribution in [0.4, 0.5) is 0 Å². The lowest BCUT2D eigenvalue weighted by molar-refractivity contribution is -0.910. The highest BCUT2D eigenvalue weighted by molar-refractivity contribution is 6.03. The van der Waals surface area contributed by atoms with E-state index in [2.05, 4.69) is 34.9 Å². The SMILES string of the molecule is CC(=O)c1c(C)[nH]c(C(=O)C[NH+]2CCC[C@H]2c2cccn2C)c1C. The van der Waals surface area contributed by atoms with Crippen molar-refractivity contribution in [2.75, 3.05) is 13.1 Å². The van der Waals surface area contributed by atoms with Crippen LogP contribution in [0.15, 0.2) is 18.3 Å². The number of aromatic amines is 1. The van der Waals surface area contributed by atoms with Crippen molar-refractivity contribution in [3.8, 4) is 0 Å². The van der Waals surface area contributed by atoms with Gasteiger partial charge in [0.1, 0.15) is 12.6 Å². The van der Waals surface area contributed by atoms with Crippen LogP contribution in [0.5, 0.6) is 0 Å². The molecule has 1 aliphatic rings. The van der Waals surface area contributed by atoms with E-state index in [1.165, 1.54) is 10.6 Å². The van der Waals surface area contributed by atoms with Gasteiger partial charge in [-0.1, -0.05) is 0 Å². The normalized spacial score (nSPS) is 20.5. The van der Waals surface area contributed by atoms with E-state index < -0.39 is 0 Å². The molecule has 0 aromatic carbocycles. The molecule has 0 amide bonds. The molecule has 24 heavy (non-hydrogen) atoms. The van der Waals surface area contributed by atoms with Crippen molar-refractivity contribution in [2.24, 2.45) is 7.05 Å². The fourth-order valence-corrected chi connectivity index (χ4v) is 4.17. The molecule has 5 heteroatoms. The third kappa shape index (κ3) is 2.84. The number of likely N-dealkylation sites (tertiary alicyclic amines) is 1. The number of aromatic nitrogens is 2. The number of Topliss-reactive ketones (excluding diaryl/α,β-unsaturated/α-hetero) is 2. The Hall–Kier alpha value is -2.14. The first-order valence-electron chi connectivity index (χ1n) is 8.59. The molecule has 3 rings (SSSR count). The average Bonchev–Trinajstić information content (AvgIpc) is 3.18. The van der Waals surface area contributed by atoms with Crippen LogP contribution in [0.3, 0.4) is 0 Å². The monoisotopic (exact) mass is 328 g/mol. The maximum Gasteiger partial charge on any atom is 0.233 e. The average molecular weight is 328 g/mol. The van der Waals surface area contributed by atoms with Crippen LogP contribution in [0.1, 0.15) is 63.6 Å². The molecule has 0 spiro atoms. The van der Waals surface area contributed by atoms with Crippen molar-refractivity contribution in [1.29, 1.82) is 0 Å². The molecular formula is C19H26N3O2+. The van der Waals surface area contributed by atoms with Crippen LogP contribution in [0.2, 0.25) is 0 Å². The first-order chi connectivity index (χ1) is 11.4. The van der Waals surface area contributed by atoms with Crippen LogP contribution < -0.4 is 4.90 Å². The Morgan fingerprint density at radius 1 is 1.38 bits per heavy atom. The molecule has 0 radical (unpaired) electrons. The minimum absolute atomic E-state index is 0.00973. The van der Waals surface area contributed by atoms with Gasteiger partial charge in [-0.25, -0.2) is 0 Å². The number of quaternary nitrogens is 1. The lowest BCUT2D eigenvalue weighted by atomic mass is 10.0. The van der Waals surface area contributed by atoms with Gasteiger partial charge >= 0.3 is 0 Å². The lowest BCUT2D eigenvalue weighted by Crippen LogP contribution is -3.11. The molecule has 2 aromatic heterocycles. The fourth-order valence-electron chi connectivity index (χ4n) is 4.17. The summed E-state index contributed by atoms with van der Waals surface area (Å²) in [5.41, 5.74) is 4.13. The summed E-state index contributed by atoms with van der Waals surface area (Å²) in [4.78, 5) is 29.1. The Labute approximate surface area is 142 Å². The van der Waals surface area contributed by atoms with Gasteiger partial charge in [-0.05, 0) is 38.5 Å². The minimum atomic E-state index is 0.00973. The van der Waals surface area contributed by atoms with Gasteiger partial charge in [0.05, 0.1) is 17.9 Å². The van der Waals surface area contributed by atoms with E-state index in [9.17, 15) is 9.59 Å². The largest absolute Gasteiger partial charge is 0.355 e. The summed E-state index contributed by atoms with van der Waals surface area (Å²) in [6, 6.07) is 4.58. The van der Waals surface area contributed by atoms with Gasteiger partial charge in [-0.15, -0.1) is 0 Å². The maximum absolute atomic E-state index is 12.8. The Balaban J connectivity index is 1.81. The van der Waals surface area contributed by atoms with E-state index in [-0.39, 0.29) is 11.6 Å². The molecule has 1 unspecified atom stereocenters. The molecule has 0 bridgehead atoms.